The quantitative estimate of drug-likeness (QED) is 0.761. The molecule has 6 nitrogen and oxygen atoms in total. The van der Waals surface area contributed by atoms with E-state index in [1.807, 2.05) is 10.9 Å². The van der Waals surface area contributed by atoms with Gasteiger partial charge in [0.2, 0.25) is 5.91 Å². The first-order valence-electron chi connectivity index (χ1n) is 11.0. The Kier molecular flexibility index (Phi) is 4.90. The van der Waals surface area contributed by atoms with Crippen LogP contribution in [0.4, 0.5) is 4.39 Å². The summed E-state index contributed by atoms with van der Waals surface area (Å²) >= 11 is 0. The summed E-state index contributed by atoms with van der Waals surface area (Å²) in [5.41, 5.74) is 2.99. The van der Waals surface area contributed by atoms with Crippen LogP contribution in [0.5, 0.6) is 0 Å². The number of piperazine rings is 1. The van der Waals surface area contributed by atoms with Gasteiger partial charge in [0.05, 0.1) is 11.9 Å². The molecule has 5 heterocycles. The van der Waals surface area contributed by atoms with Crippen molar-refractivity contribution in [2.24, 2.45) is 5.41 Å². The van der Waals surface area contributed by atoms with Crippen LogP contribution < -0.4 is 0 Å². The molecule has 6 rings (SSSR count). The van der Waals surface area contributed by atoms with Gasteiger partial charge in [-0.2, -0.15) is 5.10 Å². The number of aromatic nitrogens is 2. The van der Waals surface area contributed by atoms with E-state index >= 15 is 0 Å². The van der Waals surface area contributed by atoms with Gasteiger partial charge in [0.1, 0.15) is 11.9 Å². The number of carbonyl (C=O) groups is 1. The van der Waals surface area contributed by atoms with Crippen molar-refractivity contribution in [3.05, 3.63) is 47.5 Å². The monoisotopic (exact) mass is 411 g/mol. The van der Waals surface area contributed by atoms with Gasteiger partial charge < -0.3 is 4.90 Å². The van der Waals surface area contributed by atoms with E-state index in [1.165, 1.54) is 12.1 Å². The van der Waals surface area contributed by atoms with Crippen LogP contribution in [0.25, 0.3) is 5.69 Å². The summed E-state index contributed by atoms with van der Waals surface area (Å²) in [6.45, 7) is 10.8. The lowest BCUT2D eigenvalue weighted by Gasteiger charge is -2.40. The molecule has 0 radical (unpaired) electrons. The number of hydrogen-bond acceptors (Lipinski definition) is 4. The van der Waals surface area contributed by atoms with Gasteiger partial charge in [0.15, 0.2) is 0 Å². The Labute approximate surface area is 177 Å². The maximum Gasteiger partial charge on any atom is 0.241 e. The molecular weight excluding hydrogens is 381 g/mol. The molecule has 160 valence electrons. The molecular formula is C23H30FN5O. The summed E-state index contributed by atoms with van der Waals surface area (Å²) in [5, 5.41) is 4.60. The van der Waals surface area contributed by atoms with E-state index in [-0.39, 0.29) is 23.2 Å². The van der Waals surface area contributed by atoms with Crippen LogP contribution >= 0.6 is 0 Å². The van der Waals surface area contributed by atoms with Gasteiger partial charge in [-0.25, -0.2) is 9.07 Å². The van der Waals surface area contributed by atoms with Crippen molar-refractivity contribution in [1.29, 1.82) is 0 Å². The van der Waals surface area contributed by atoms with Crippen molar-refractivity contribution in [2.75, 3.05) is 39.3 Å². The Morgan fingerprint density at radius 1 is 1.13 bits per heavy atom. The number of amides is 1. The van der Waals surface area contributed by atoms with E-state index < -0.39 is 0 Å². The van der Waals surface area contributed by atoms with Gasteiger partial charge in [0.25, 0.3) is 0 Å². The van der Waals surface area contributed by atoms with Gasteiger partial charge in [-0.3, -0.25) is 14.6 Å². The highest BCUT2D eigenvalue weighted by molar-refractivity contribution is 5.82. The molecule has 3 fully saturated rings. The number of hydrogen-bond donors (Lipinski definition) is 0. The van der Waals surface area contributed by atoms with E-state index in [9.17, 15) is 9.18 Å². The lowest BCUT2D eigenvalue weighted by atomic mass is 9.87. The molecule has 1 aromatic carbocycles. The van der Waals surface area contributed by atoms with E-state index in [1.54, 1.807) is 12.1 Å². The Bertz CT molecular complexity index is 934. The SMILES string of the molecule is CC1(C)Cc2c(cnn2-c2ccc(F)cc2)CN(C(=O)C2CN3CCCN2CC3)C1. The topological polar surface area (TPSA) is 44.6 Å². The van der Waals surface area contributed by atoms with Crippen LogP contribution in [-0.2, 0) is 17.8 Å². The van der Waals surface area contributed by atoms with Crippen LogP contribution in [0.3, 0.4) is 0 Å². The van der Waals surface area contributed by atoms with E-state index in [2.05, 4.69) is 33.6 Å². The fourth-order valence-electron chi connectivity index (χ4n) is 5.27. The fourth-order valence-corrected chi connectivity index (χ4v) is 5.27. The fraction of sp³-hybridized carbons (Fsp3) is 0.565. The molecule has 7 heteroatoms. The zero-order valence-corrected chi connectivity index (χ0v) is 17.9. The number of nitrogens with zero attached hydrogens (tertiary/aromatic N) is 5. The highest BCUT2D eigenvalue weighted by Crippen LogP contribution is 2.32. The van der Waals surface area contributed by atoms with Crippen LogP contribution in [0, 0.1) is 11.2 Å². The first kappa shape index (κ1) is 19.7. The van der Waals surface area contributed by atoms with Crippen LogP contribution in [0.2, 0.25) is 0 Å². The van der Waals surface area contributed by atoms with Gasteiger partial charge >= 0.3 is 0 Å². The first-order valence-corrected chi connectivity index (χ1v) is 11.0. The molecule has 3 saturated heterocycles. The molecule has 4 aliphatic rings. The van der Waals surface area contributed by atoms with Gasteiger partial charge in [-0.1, -0.05) is 13.8 Å². The molecule has 1 aromatic heterocycles. The molecule has 2 aromatic rings. The number of rotatable bonds is 2. The zero-order valence-electron chi connectivity index (χ0n) is 17.9. The number of benzene rings is 1. The average Bonchev–Trinajstić information content (AvgIpc) is 2.90. The molecule has 4 aliphatic heterocycles. The van der Waals surface area contributed by atoms with Crippen molar-refractivity contribution >= 4 is 5.91 Å². The molecule has 0 spiro atoms. The van der Waals surface area contributed by atoms with Gasteiger partial charge in [0, 0.05) is 50.5 Å². The molecule has 0 N–H and O–H groups in total. The van der Waals surface area contributed by atoms with E-state index in [0.717, 1.165) is 69.1 Å². The molecule has 30 heavy (non-hydrogen) atoms. The maximum absolute atomic E-state index is 13.6. The Balaban J connectivity index is 1.44. The standard InChI is InChI=1S/C23H30FN5O/c1-23(2)12-20-17(13-25-29(20)19-6-4-18(24)5-7-19)14-28(16-23)22(30)21-15-26-8-3-9-27(21)11-10-26/h4-7,13,21H,3,8-12,14-16H2,1-2H3. The van der Waals surface area contributed by atoms with Crippen molar-refractivity contribution in [3.63, 3.8) is 0 Å². The van der Waals surface area contributed by atoms with Crippen molar-refractivity contribution < 1.29 is 9.18 Å². The number of fused-ring (bicyclic) bond motifs is 5. The average molecular weight is 412 g/mol. The molecule has 3 unspecified atom stereocenters. The Morgan fingerprint density at radius 3 is 2.73 bits per heavy atom. The van der Waals surface area contributed by atoms with Crippen LogP contribution in [-0.4, -0.2) is 75.7 Å². The lowest BCUT2D eigenvalue weighted by molar-refractivity contribution is -0.140. The summed E-state index contributed by atoms with van der Waals surface area (Å²) in [6, 6.07) is 6.41. The second kappa shape index (κ2) is 7.46. The highest BCUT2D eigenvalue weighted by atomic mass is 19.1. The predicted molar refractivity (Wildman–Crippen MR) is 113 cm³/mol. The Morgan fingerprint density at radius 2 is 1.93 bits per heavy atom. The summed E-state index contributed by atoms with van der Waals surface area (Å²) < 4.78 is 15.3. The summed E-state index contributed by atoms with van der Waals surface area (Å²) in [4.78, 5) is 20.5. The Hall–Kier alpha value is -2.25. The second-order valence-corrected chi connectivity index (χ2v) is 9.75. The van der Waals surface area contributed by atoms with Crippen molar-refractivity contribution in [1.82, 2.24) is 24.5 Å². The third kappa shape index (κ3) is 3.65. The van der Waals surface area contributed by atoms with Crippen molar-refractivity contribution in [3.8, 4) is 5.69 Å². The normalized spacial score (nSPS) is 28.0. The minimum atomic E-state index is -0.252. The zero-order chi connectivity index (χ0) is 20.9. The summed E-state index contributed by atoms with van der Waals surface area (Å²) in [7, 11) is 0. The third-order valence-electron chi connectivity index (χ3n) is 6.74. The predicted octanol–water partition coefficient (Wildman–Crippen LogP) is 2.31. The van der Waals surface area contributed by atoms with Crippen molar-refractivity contribution in [2.45, 2.75) is 39.3 Å². The summed E-state index contributed by atoms with van der Waals surface area (Å²) in [5.74, 6) is -0.00501. The third-order valence-corrected chi connectivity index (χ3v) is 6.74. The molecule has 3 atom stereocenters. The number of carbonyl (C=O) groups excluding carboxylic acids is 1. The molecule has 2 bridgehead atoms. The molecule has 1 amide bonds. The van der Waals surface area contributed by atoms with Gasteiger partial charge in [-0.05, 0) is 49.1 Å². The van der Waals surface area contributed by atoms with Crippen LogP contribution in [0.15, 0.2) is 30.5 Å². The van der Waals surface area contributed by atoms with E-state index in [4.69, 9.17) is 0 Å². The number of halogens is 1. The molecule has 0 saturated carbocycles. The van der Waals surface area contributed by atoms with Gasteiger partial charge in [-0.15, -0.1) is 0 Å². The lowest BCUT2D eigenvalue weighted by Crippen LogP contribution is -2.58. The highest BCUT2D eigenvalue weighted by Gasteiger charge is 2.40. The smallest absolute Gasteiger partial charge is 0.241 e. The first-order chi connectivity index (χ1) is 14.4. The maximum atomic E-state index is 13.6. The minimum Gasteiger partial charge on any atom is -0.336 e. The summed E-state index contributed by atoms with van der Waals surface area (Å²) in [6.07, 6.45) is 3.84. The van der Waals surface area contributed by atoms with Crippen LogP contribution in [0.1, 0.15) is 31.5 Å². The van der Waals surface area contributed by atoms with E-state index in [0.29, 0.717) is 6.54 Å². The molecule has 0 aliphatic carbocycles. The largest absolute Gasteiger partial charge is 0.336 e. The minimum absolute atomic E-state index is 0.0363. The second-order valence-electron chi connectivity index (χ2n) is 9.75.